The van der Waals surface area contributed by atoms with Crippen LogP contribution in [0.1, 0.15) is 24.8 Å². The summed E-state index contributed by atoms with van der Waals surface area (Å²) in [5, 5.41) is 12.3. The van der Waals surface area contributed by atoms with Crippen molar-refractivity contribution in [2.45, 2.75) is 37.8 Å². The van der Waals surface area contributed by atoms with Gasteiger partial charge < -0.3 is 19.9 Å². The fourth-order valence-corrected chi connectivity index (χ4v) is 2.20. The van der Waals surface area contributed by atoms with Crippen molar-refractivity contribution in [1.82, 2.24) is 5.32 Å². The van der Waals surface area contributed by atoms with Gasteiger partial charge in [-0.05, 0) is 30.9 Å². The van der Waals surface area contributed by atoms with Gasteiger partial charge in [-0.25, -0.2) is 0 Å². The third kappa shape index (κ3) is 5.02. The number of nitrogens with one attached hydrogen (secondary N) is 1. The van der Waals surface area contributed by atoms with Crippen LogP contribution in [0.5, 0.6) is 5.75 Å². The molecule has 2 N–H and O–H groups in total. The Morgan fingerprint density at radius 3 is 2.86 bits per heavy atom. The number of hydrogen-bond donors (Lipinski definition) is 2. The first kappa shape index (κ1) is 15.8. The predicted molar refractivity (Wildman–Crippen MR) is 79.3 cm³/mol. The van der Waals surface area contributed by atoms with Crippen molar-refractivity contribution in [3.05, 3.63) is 29.8 Å². The molecule has 1 unspecified atom stereocenters. The van der Waals surface area contributed by atoms with Gasteiger partial charge in [-0.3, -0.25) is 4.79 Å². The minimum absolute atomic E-state index is 0.0917. The summed E-state index contributed by atoms with van der Waals surface area (Å²) in [5.41, 5.74) is 0.977. The van der Waals surface area contributed by atoms with Gasteiger partial charge in [0.05, 0.1) is 13.7 Å². The molecular formula is C16H23NO4. The van der Waals surface area contributed by atoms with E-state index in [1.165, 1.54) is 7.11 Å². The molecule has 1 aliphatic rings. The van der Waals surface area contributed by atoms with Crippen molar-refractivity contribution in [3.8, 4) is 5.75 Å². The minimum atomic E-state index is -0.312. The molecule has 0 amide bonds. The number of rotatable bonds is 9. The number of carbonyl (C=O) groups is 1. The molecule has 1 saturated carbocycles. The molecule has 116 valence electrons. The first-order valence-electron chi connectivity index (χ1n) is 7.40. The van der Waals surface area contributed by atoms with Gasteiger partial charge in [0.15, 0.2) is 0 Å². The number of methoxy groups -OCH3 is 1. The van der Waals surface area contributed by atoms with E-state index < -0.39 is 0 Å². The number of aliphatic hydroxyl groups excluding tert-OH is 1. The van der Waals surface area contributed by atoms with Gasteiger partial charge >= 0.3 is 5.97 Å². The molecule has 1 aromatic carbocycles. The van der Waals surface area contributed by atoms with E-state index >= 15 is 0 Å². The highest BCUT2D eigenvalue weighted by molar-refractivity contribution is 5.75. The Morgan fingerprint density at radius 1 is 1.43 bits per heavy atom. The van der Waals surface area contributed by atoms with Gasteiger partial charge in [0, 0.05) is 19.1 Å². The molecule has 0 aromatic heterocycles. The molecule has 1 aliphatic carbocycles. The Kier molecular flexibility index (Phi) is 6.02. The van der Waals surface area contributed by atoms with Crippen LogP contribution in [-0.4, -0.2) is 43.5 Å². The zero-order valence-corrected chi connectivity index (χ0v) is 12.4. The molecule has 0 bridgehead atoms. The van der Waals surface area contributed by atoms with Crippen LogP contribution in [0.2, 0.25) is 0 Å². The normalized spacial score (nSPS) is 15.5. The summed E-state index contributed by atoms with van der Waals surface area (Å²) < 4.78 is 10.6. The zero-order chi connectivity index (χ0) is 15.1. The molecule has 0 saturated heterocycles. The average molecular weight is 293 g/mol. The summed E-state index contributed by atoms with van der Waals surface area (Å²) in [6.07, 6.45) is 3.37. The second kappa shape index (κ2) is 8.00. The number of carbonyl (C=O) groups excluding carboxylic acids is 1. The second-order valence-electron chi connectivity index (χ2n) is 5.24. The first-order valence-corrected chi connectivity index (χ1v) is 7.40. The maximum Gasteiger partial charge on any atom is 0.322 e. The summed E-state index contributed by atoms with van der Waals surface area (Å²) in [6.45, 7) is 0.524. The van der Waals surface area contributed by atoms with E-state index in [9.17, 15) is 4.79 Å². The van der Waals surface area contributed by atoms with Crippen molar-refractivity contribution in [2.75, 3.05) is 20.3 Å². The predicted octanol–water partition coefficient (Wildman–Crippen LogP) is 1.28. The molecule has 5 nitrogen and oxygen atoms in total. The van der Waals surface area contributed by atoms with Crippen LogP contribution < -0.4 is 10.1 Å². The Morgan fingerprint density at radius 2 is 2.19 bits per heavy atom. The third-order valence-electron chi connectivity index (χ3n) is 3.52. The molecule has 0 spiro atoms. The summed E-state index contributed by atoms with van der Waals surface area (Å²) in [4.78, 5) is 11.7. The number of ether oxygens (including phenoxy) is 2. The molecule has 0 heterocycles. The molecule has 1 atom stereocenters. The Labute approximate surface area is 125 Å². The highest BCUT2D eigenvalue weighted by Crippen LogP contribution is 2.21. The molecule has 0 radical (unpaired) electrons. The standard InChI is InChI=1S/C16H23NO4/c1-20-16(19)14(17-13-6-7-13)9-11-21-15-5-3-2-4-12(15)8-10-18/h2-5,13-14,17-18H,6-11H2,1H3. The van der Waals surface area contributed by atoms with E-state index in [0.717, 1.165) is 24.2 Å². The largest absolute Gasteiger partial charge is 0.493 e. The lowest BCUT2D eigenvalue weighted by Gasteiger charge is -2.17. The summed E-state index contributed by atoms with van der Waals surface area (Å²) in [7, 11) is 1.40. The first-order chi connectivity index (χ1) is 10.2. The van der Waals surface area contributed by atoms with E-state index in [4.69, 9.17) is 14.6 Å². The number of benzene rings is 1. The van der Waals surface area contributed by atoms with Crippen molar-refractivity contribution in [3.63, 3.8) is 0 Å². The molecule has 21 heavy (non-hydrogen) atoms. The van der Waals surface area contributed by atoms with E-state index in [1.54, 1.807) is 0 Å². The molecule has 5 heteroatoms. The zero-order valence-electron chi connectivity index (χ0n) is 12.4. The monoisotopic (exact) mass is 293 g/mol. The van der Waals surface area contributed by atoms with Gasteiger partial charge in [-0.2, -0.15) is 0 Å². The lowest BCUT2D eigenvalue weighted by Crippen LogP contribution is -2.40. The fourth-order valence-electron chi connectivity index (χ4n) is 2.20. The van der Waals surface area contributed by atoms with Gasteiger partial charge in [-0.1, -0.05) is 18.2 Å². The van der Waals surface area contributed by atoms with E-state index in [-0.39, 0.29) is 18.6 Å². The number of para-hydroxylation sites is 1. The number of hydrogen-bond acceptors (Lipinski definition) is 5. The van der Waals surface area contributed by atoms with Crippen LogP contribution in [0.3, 0.4) is 0 Å². The Balaban J connectivity index is 1.84. The summed E-state index contributed by atoms with van der Waals surface area (Å²) in [6, 6.07) is 7.77. The second-order valence-corrected chi connectivity index (χ2v) is 5.24. The van der Waals surface area contributed by atoms with Crippen LogP contribution >= 0.6 is 0 Å². The van der Waals surface area contributed by atoms with Crippen LogP contribution in [0, 0.1) is 0 Å². The molecule has 1 aromatic rings. The molecule has 2 rings (SSSR count). The topological polar surface area (TPSA) is 67.8 Å². The molecule has 0 aliphatic heterocycles. The van der Waals surface area contributed by atoms with Gasteiger partial charge in [0.25, 0.3) is 0 Å². The number of esters is 1. The lowest BCUT2D eigenvalue weighted by molar-refractivity contribution is -0.143. The Hall–Kier alpha value is -1.59. The van der Waals surface area contributed by atoms with Crippen LogP contribution in [0.15, 0.2) is 24.3 Å². The van der Waals surface area contributed by atoms with Gasteiger partial charge in [0.1, 0.15) is 11.8 Å². The van der Waals surface area contributed by atoms with Crippen LogP contribution in [0.4, 0.5) is 0 Å². The minimum Gasteiger partial charge on any atom is -0.493 e. The third-order valence-corrected chi connectivity index (χ3v) is 3.52. The number of aliphatic hydroxyl groups is 1. The smallest absolute Gasteiger partial charge is 0.322 e. The van der Waals surface area contributed by atoms with Crippen molar-refractivity contribution < 1.29 is 19.4 Å². The van der Waals surface area contributed by atoms with Crippen LogP contribution in [-0.2, 0) is 16.0 Å². The summed E-state index contributed by atoms with van der Waals surface area (Å²) in [5.74, 6) is 0.524. The summed E-state index contributed by atoms with van der Waals surface area (Å²) >= 11 is 0. The van der Waals surface area contributed by atoms with Crippen molar-refractivity contribution in [1.29, 1.82) is 0 Å². The highest BCUT2D eigenvalue weighted by atomic mass is 16.5. The van der Waals surface area contributed by atoms with Crippen molar-refractivity contribution in [2.24, 2.45) is 0 Å². The molecule has 1 fully saturated rings. The quantitative estimate of drug-likeness (QED) is 0.671. The van der Waals surface area contributed by atoms with Gasteiger partial charge in [-0.15, -0.1) is 0 Å². The fraction of sp³-hybridized carbons (Fsp3) is 0.562. The van der Waals surface area contributed by atoms with E-state index in [1.807, 2.05) is 24.3 Å². The van der Waals surface area contributed by atoms with Crippen LogP contribution in [0.25, 0.3) is 0 Å². The highest BCUT2D eigenvalue weighted by Gasteiger charge is 2.28. The maximum atomic E-state index is 11.7. The Bertz CT molecular complexity index is 459. The van der Waals surface area contributed by atoms with Gasteiger partial charge in [0.2, 0.25) is 0 Å². The van der Waals surface area contributed by atoms with Crippen molar-refractivity contribution >= 4 is 5.97 Å². The lowest BCUT2D eigenvalue weighted by atomic mass is 10.1. The SMILES string of the molecule is COC(=O)C(CCOc1ccccc1CCO)NC1CC1. The maximum absolute atomic E-state index is 11.7. The molecular weight excluding hydrogens is 270 g/mol. The average Bonchev–Trinajstić information content (AvgIpc) is 3.31. The van der Waals surface area contributed by atoms with E-state index in [2.05, 4.69) is 5.32 Å². The van der Waals surface area contributed by atoms with E-state index in [0.29, 0.717) is 25.5 Å².